The zero-order valence-corrected chi connectivity index (χ0v) is 13.7. The maximum absolute atomic E-state index is 12.5. The molecule has 0 saturated heterocycles. The Morgan fingerprint density at radius 1 is 1.26 bits per heavy atom. The Hall–Kier alpha value is -0.880. The molecular formula is C13H16BrNO3S. The van der Waals surface area contributed by atoms with Crippen LogP contribution in [-0.2, 0) is 20.2 Å². The van der Waals surface area contributed by atoms with Gasteiger partial charge in [-0.25, -0.2) is 12.7 Å². The molecule has 2 rings (SSSR count). The van der Waals surface area contributed by atoms with Crippen molar-refractivity contribution in [3.63, 3.8) is 0 Å². The molecule has 0 bridgehead atoms. The number of benzene rings is 1. The molecule has 0 spiro atoms. The minimum atomic E-state index is -3.76. The molecule has 19 heavy (non-hydrogen) atoms. The van der Waals surface area contributed by atoms with Crippen LogP contribution in [-0.4, -0.2) is 24.7 Å². The van der Waals surface area contributed by atoms with E-state index in [0.717, 1.165) is 8.78 Å². The first-order valence-electron chi connectivity index (χ1n) is 5.99. The average molecular weight is 346 g/mol. The fraction of sp³-hybridized carbons (Fsp3) is 0.462. The van der Waals surface area contributed by atoms with Crippen LogP contribution in [0.2, 0.25) is 0 Å². The molecule has 0 unspecified atom stereocenters. The van der Waals surface area contributed by atoms with E-state index in [1.165, 1.54) is 0 Å². The van der Waals surface area contributed by atoms with Crippen LogP contribution < -0.4 is 0 Å². The van der Waals surface area contributed by atoms with Gasteiger partial charge in [-0.1, -0.05) is 15.9 Å². The monoisotopic (exact) mass is 345 g/mol. The van der Waals surface area contributed by atoms with Gasteiger partial charge in [0.05, 0.1) is 10.3 Å². The molecule has 104 valence electrons. The van der Waals surface area contributed by atoms with Gasteiger partial charge in [-0.05, 0) is 51.5 Å². The topological polar surface area (TPSA) is 54.5 Å². The number of fused-ring (bicyclic) bond motifs is 1. The van der Waals surface area contributed by atoms with Crippen LogP contribution in [0.1, 0.15) is 33.3 Å². The molecule has 0 atom stereocenters. The van der Waals surface area contributed by atoms with Crippen LogP contribution in [0.3, 0.4) is 0 Å². The fourth-order valence-corrected chi connectivity index (χ4v) is 4.74. The van der Waals surface area contributed by atoms with Gasteiger partial charge in [-0.2, -0.15) is 0 Å². The Morgan fingerprint density at radius 3 is 2.37 bits per heavy atom. The number of sulfonamides is 1. The SMILES string of the molecule is CC(C)N1C(=O)C(C)(C)c2cc(Br)ccc2S1(=O)=O. The molecule has 1 aromatic carbocycles. The molecule has 0 aromatic heterocycles. The van der Waals surface area contributed by atoms with Crippen LogP contribution in [0.4, 0.5) is 0 Å². The lowest BCUT2D eigenvalue weighted by Crippen LogP contribution is -2.53. The van der Waals surface area contributed by atoms with Crippen molar-refractivity contribution in [2.24, 2.45) is 0 Å². The van der Waals surface area contributed by atoms with Crippen molar-refractivity contribution in [2.75, 3.05) is 0 Å². The number of hydrogen-bond acceptors (Lipinski definition) is 3. The standard InChI is InChI=1S/C13H16BrNO3S/c1-8(2)15-12(16)13(3,4)10-7-9(14)5-6-11(10)19(15,17)18/h5-8H,1-4H3. The summed E-state index contributed by atoms with van der Waals surface area (Å²) in [7, 11) is -3.76. The minimum absolute atomic E-state index is 0.217. The Balaban J connectivity index is 2.84. The first-order chi connectivity index (χ1) is 8.60. The van der Waals surface area contributed by atoms with Crippen molar-refractivity contribution >= 4 is 31.9 Å². The van der Waals surface area contributed by atoms with E-state index in [1.807, 2.05) is 0 Å². The maximum atomic E-state index is 12.5. The van der Waals surface area contributed by atoms with Crippen LogP contribution in [0.5, 0.6) is 0 Å². The molecule has 1 aliphatic rings. The van der Waals surface area contributed by atoms with E-state index in [2.05, 4.69) is 15.9 Å². The predicted octanol–water partition coefficient (Wildman–Crippen LogP) is 2.67. The van der Waals surface area contributed by atoms with Crippen molar-refractivity contribution < 1.29 is 13.2 Å². The summed E-state index contributed by atoms with van der Waals surface area (Å²) in [4.78, 5) is 12.7. The molecule has 0 radical (unpaired) electrons. The number of rotatable bonds is 1. The molecule has 0 fully saturated rings. The molecule has 6 heteroatoms. The van der Waals surface area contributed by atoms with E-state index >= 15 is 0 Å². The van der Waals surface area contributed by atoms with Crippen LogP contribution >= 0.6 is 15.9 Å². The highest BCUT2D eigenvalue weighted by atomic mass is 79.9. The number of carbonyl (C=O) groups is 1. The fourth-order valence-electron chi connectivity index (χ4n) is 2.33. The first-order valence-corrected chi connectivity index (χ1v) is 8.22. The van der Waals surface area contributed by atoms with E-state index in [0.29, 0.717) is 5.56 Å². The third-order valence-electron chi connectivity index (χ3n) is 3.36. The average Bonchev–Trinajstić information content (AvgIpc) is 2.26. The smallest absolute Gasteiger partial charge is 0.267 e. The zero-order valence-electron chi connectivity index (χ0n) is 11.3. The number of carbonyl (C=O) groups excluding carboxylic acids is 1. The Labute approximate surface area is 122 Å². The van der Waals surface area contributed by atoms with E-state index in [9.17, 15) is 13.2 Å². The molecule has 1 aliphatic heterocycles. The minimum Gasteiger partial charge on any atom is -0.273 e. The van der Waals surface area contributed by atoms with Crippen molar-refractivity contribution in [1.29, 1.82) is 0 Å². The molecule has 0 aliphatic carbocycles. The van der Waals surface area contributed by atoms with Gasteiger partial charge in [0.2, 0.25) is 5.91 Å². The van der Waals surface area contributed by atoms with Gasteiger partial charge in [0.1, 0.15) is 0 Å². The van der Waals surface area contributed by atoms with Crippen LogP contribution in [0.15, 0.2) is 27.6 Å². The summed E-state index contributed by atoms with van der Waals surface area (Å²) in [6.45, 7) is 6.92. The Kier molecular flexibility index (Phi) is 3.30. The molecule has 1 heterocycles. The summed E-state index contributed by atoms with van der Waals surface area (Å²) < 4.78 is 26.8. The van der Waals surface area contributed by atoms with Crippen LogP contribution in [0.25, 0.3) is 0 Å². The molecule has 4 nitrogen and oxygen atoms in total. The zero-order chi connectivity index (χ0) is 14.6. The molecule has 0 N–H and O–H groups in total. The van der Waals surface area contributed by atoms with Crippen molar-refractivity contribution in [2.45, 2.75) is 44.0 Å². The van der Waals surface area contributed by atoms with Gasteiger partial charge in [-0.15, -0.1) is 0 Å². The third-order valence-corrected chi connectivity index (χ3v) is 5.87. The van der Waals surface area contributed by atoms with Gasteiger partial charge in [0.15, 0.2) is 0 Å². The summed E-state index contributed by atoms with van der Waals surface area (Å²) in [6.07, 6.45) is 0. The summed E-state index contributed by atoms with van der Waals surface area (Å²) in [5, 5.41) is 0. The lowest BCUT2D eigenvalue weighted by atomic mass is 9.83. The number of amides is 1. The van der Waals surface area contributed by atoms with Gasteiger partial charge >= 0.3 is 0 Å². The number of nitrogens with zero attached hydrogens (tertiary/aromatic N) is 1. The number of halogens is 1. The van der Waals surface area contributed by atoms with Gasteiger partial charge in [0, 0.05) is 10.5 Å². The Bertz CT molecular complexity index is 650. The van der Waals surface area contributed by atoms with Gasteiger partial charge in [0.25, 0.3) is 10.0 Å². The summed E-state index contributed by atoms with van der Waals surface area (Å²) in [5.74, 6) is -0.381. The highest BCUT2D eigenvalue weighted by Crippen LogP contribution is 2.40. The lowest BCUT2D eigenvalue weighted by molar-refractivity contribution is -0.133. The third kappa shape index (κ3) is 2.01. The summed E-state index contributed by atoms with van der Waals surface area (Å²) in [5.41, 5.74) is -0.307. The number of hydrogen-bond donors (Lipinski definition) is 0. The molecular weight excluding hydrogens is 330 g/mol. The normalized spacial score (nSPS) is 20.5. The molecule has 1 amide bonds. The Morgan fingerprint density at radius 2 is 1.84 bits per heavy atom. The van der Waals surface area contributed by atoms with E-state index in [4.69, 9.17) is 0 Å². The second-order valence-corrected chi connectivity index (χ2v) is 8.16. The van der Waals surface area contributed by atoms with Crippen molar-refractivity contribution in [1.82, 2.24) is 4.31 Å². The van der Waals surface area contributed by atoms with Gasteiger partial charge < -0.3 is 0 Å². The van der Waals surface area contributed by atoms with E-state index < -0.39 is 21.5 Å². The van der Waals surface area contributed by atoms with Crippen molar-refractivity contribution in [3.8, 4) is 0 Å². The second-order valence-electron chi connectivity index (χ2n) is 5.47. The second kappa shape index (κ2) is 4.31. The van der Waals surface area contributed by atoms with E-state index in [-0.39, 0.29) is 10.8 Å². The largest absolute Gasteiger partial charge is 0.273 e. The van der Waals surface area contributed by atoms with Gasteiger partial charge in [-0.3, -0.25) is 4.79 Å². The summed E-state index contributed by atoms with van der Waals surface area (Å²) >= 11 is 3.32. The lowest BCUT2D eigenvalue weighted by Gasteiger charge is -2.40. The van der Waals surface area contributed by atoms with Crippen molar-refractivity contribution in [3.05, 3.63) is 28.2 Å². The first kappa shape index (κ1) is 14.5. The highest BCUT2D eigenvalue weighted by molar-refractivity contribution is 9.10. The summed E-state index contributed by atoms with van der Waals surface area (Å²) in [6, 6.07) is 4.55. The maximum Gasteiger partial charge on any atom is 0.267 e. The highest BCUT2D eigenvalue weighted by Gasteiger charge is 2.48. The predicted molar refractivity (Wildman–Crippen MR) is 76.3 cm³/mol. The molecule has 1 aromatic rings. The molecule has 0 saturated carbocycles. The quantitative estimate of drug-likeness (QED) is 0.786. The van der Waals surface area contributed by atoms with E-state index in [1.54, 1.807) is 45.9 Å². The van der Waals surface area contributed by atoms with Crippen LogP contribution in [0, 0.1) is 0 Å².